The molecule has 0 radical (unpaired) electrons. The van der Waals surface area contributed by atoms with E-state index in [9.17, 15) is 27.6 Å². The normalized spacial score (nSPS) is 22.3. The number of anilines is 1. The molecule has 1 saturated heterocycles. The van der Waals surface area contributed by atoms with E-state index in [1.165, 1.54) is 6.07 Å². The highest BCUT2D eigenvalue weighted by molar-refractivity contribution is 6.04. The monoisotopic (exact) mass is 599 g/mol. The van der Waals surface area contributed by atoms with E-state index in [2.05, 4.69) is 27.8 Å². The first kappa shape index (κ1) is 30.5. The number of rotatable bonds is 9. The van der Waals surface area contributed by atoms with Crippen LogP contribution in [0.4, 0.5) is 18.9 Å². The van der Waals surface area contributed by atoms with Gasteiger partial charge in [-0.05, 0) is 54.5 Å². The Morgan fingerprint density at radius 2 is 1.95 bits per heavy atom. The van der Waals surface area contributed by atoms with Gasteiger partial charge in [0.2, 0.25) is 5.91 Å². The lowest BCUT2D eigenvalue weighted by Crippen LogP contribution is -2.43. The molecule has 1 aliphatic heterocycles. The number of alkyl halides is 3. The highest BCUT2D eigenvalue weighted by Crippen LogP contribution is 2.51. The van der Waals surface area contributed by atoms with E-state index in [-0.39, 0.29) is 29.5 Å². The third-order valence-electron chi connectivity index (χ3n) is 8.31. The number of halogens is 3. The smallest absolute Gasteiger partial charge is 0.352 e. The van der Waals surface area contributed by atoms with Gasteiger partial charge in [-0.3, -0.25) is 19.3 Å². The van der Waals surface area contributed by atoms with E-state index in [0.717, 1.165) is 30.4 Å². The zero-order chi connectivity index (χ0) is 30.9. The highest BCUT2D eigenvalue weighted by Gasteiger charge is 2.48. The zero-order valence-electron chi connectivity index (χ0n) is 24.4. The first-order valence-electron chi connectivity index (χ1n) is 14.4. The standard InChI is InChI=1S/C30H36F3N7O3/c1-4-25(41)35-23-8-9-39(16-23)14-20-10-24(27(43)40(15-20)17-30(31,32)33)26(42)36-22-7-5-6-21(11-22)29(12-19(2)13-29)28-37-34-18-38(28)3/h5-7,10-11,15,18-19,23H,4,8-9,12-14,16-17H2,1-3H3,(H,35,41)(H,36,42)/t19?,23-,29?/m0/s1. The number of nitrogens with one attached hydrogen (secondary N) is 2. The van der Waals surface area contributed by atoms with Crippen molar-refractivity contribution in [1.82, 2.24) is 29.5 Å². The lowest BCUT2D eigenvalue weighted by Gasteiger charge is -2.46. The molecule has 2 aliphatic rings. The second-order valence-electron chi connectivity index (χ2n) is 11.8. The number of nitrogens with zero attached hydrogens (tertiary/aromatic N) is 5. The number of benzene rings is 1. The number of pyridine rings is 1. The van der Waals surface area contributed by atoms with E-state index >= 15 is 0 Å². The van der Waals surface area contributed by atoms with E-state index in [0.29, 0.717) is 47.7 Å². The third kappa shape index (κ3) is 6.66. The largest absolute Gasteiger partial charge is 0.406 e. The second kappa shape index (κ2) is 11.9. The molecule has 0 spiro atoms. The van der Waals surface area contributed by atoms with Gasteiger partial charge in [0.15, 0.2) is 0 Å². The number of carbonyl (C=O) groups is 2. The minimum absolute atomic E-state index is 0.0629. The summed E-state index contributed by atoms with van der Waals surface area (Å²) in [6.45, 7) is 3.77. The summed E-state index contributed by atoms with van der Waals surface area (Å²) in [7, 11) is 1.88. The van der Waals surface area contributed by atoms with Gasteiger partial charge < -0.3 is 19.8 Å². The van der Waals surface area contributed by atoms with E-state index < -0.39 is 24.2 Å². The van der Waals surface area contributed by atoms with Gasteiger partial charge in [0.1, 0.15) is 24.3 Å². The molecule has 10 nitrogen and oxygen atoms in total. The molecule has 1 atom stereocenters. The fourth-order valence-corrected chi connectivity index (χ4v) is 6.43. The summed E-state index contributed by atoms with van der Waals surface area (Å²) >= 11 is 0. The van der Waals surface area contributed by atoms with Gasteiger partial charge in [0.25, 0.3) is 11.5 Å². The van der Waals surface area contributed by atoms with Crippen LogP contribution in [-0.2, 0) is 30.3 Å². The van der Waals surface area contributed by atoms with Gasteiger partial charge in [-0.2, -0.15) is 13.2 Å². The predicted molar refractivity (Wildman–Crippen MR) is 153 cm³/mol. The number of hydrogen-bond acceptors (Lipinski definition) is 6. The topological polar surface area (TPSA) is 114 Å². The average Bonchev–Trinajstić information content (AvgIpc) is 3.56. The molecular formula is C30H36F3N7O3. The Hall–Kier alpha value is -4.00. The molecule has 2 N–H and O–H groups in total. The summed E-state index contributed by atoms with van der Waals surface area (Å²) in [5.74, 6) is 0.431. The number of hydrogen-bond donors (Lipinski definition) is 2. The van der Waals surface area contributed by atoms with Crippen LogP contribution in [0.2, 0.25) is 0 Å². The van der Waals surface area contributed by atoms with Crippen LogP contribution in [0.3, 0.4) is 0 Å². The molecule has 3 aromatic rings. The van der Waals surface area contributed by atoms with Crippen LogP contribution in [0, 0.1) is 5.92 Å². The van der Waals surface area contributed by atoms with E-state index in [4.69, 9.17) is 0 Å². The Balaban J connectivity index is 1.40. The molecule has 2 fully saturated rings. The number of likely N-dealkylation sites (tertiary alicyclic amines) is 1. The molecule has 230 valence electrons. The molecule has 43 heavy (non-hydrogen) atoms. The summed E-state index contributed by atoms with van der Waals surface area (Å²) in [4.78, 5) is 40.3. The van der Waals surface area contributed by atoms with Crippen molar-refractivity contribution in [3.8, 4) is 0 Å². The Labute approximate surface area is 247 Å². The molecule has 13 heteroatoms. The number of aryl methyl sites for hydroxylation is 1. The zero-order valence-corrected chi connectivity index (χ0v) is 24.4. The van der Waals surface area contributed by atoms with Crippen molar-refractivity contribution in [2.45, 2.75) is 70.3 Å². The van der Waals surface area contributed by atoms with Crippen molar-refractivity contribution >= 4 is 17.5 Å². The van der Waals surface area contributed by atoms with Gasteiger partial charge in [0, 0.05) is 51.0 Å². The molecule has 1 saturated carbocycles. The quantitative estimate of drug-likeness (QED) is 0.389. The molecule has 3 heterocycles. The Morgan fingerprint density at radius 3 is 2.60 bits per heavy atom. The van der Waals surface area contributed by atoms with Gasteiger partial charge in [-0.15, -0.1) is 10.2 Å². The lowest BCUT2D eigenvalue weighted by molar-refractivity contribution is -0.141. The molecule has 1 aromatic carbocycles. The maximum Gasteiger partial charge on any atom is 0.406 e. The first-order chi connectivity index (χ1) is 20.4. The van der Waals surface area contributed by atoms with Crippen LogP contribution in [0.25, 0.3) is 0 Å². The fourth-order valence-electron chi connectivity index (χ4n) is 6.43. The Bertz CT molecular complexity index is 1560. The summed E-state index contributed by atoms with van der Waals surface area (Å²) in [5, 5.41) is 14.1. The summed E-state index contributed by atoms with van der Waals surface area (Å²) in [6.07, 6.45) is 0.914. The fraction of sp³-hybridized carbons (Fsp3) is 0.500. The Morgan fingerprint density at radius 1 is 1.19 bits per heavy atom. The number of amides is 2. The molecule has 0 unspecified atom stereocenters. The minimum atomic E-state index is -4.65. The molecular weight excluding hydrogens is 563 g/mol. The molecule has 1 aliphatic carbocycles. The van der Waals surface area contributed by atoms with Gasteiger partial charge in [-0.1, -0.05) is 26.0 Å². The molecule has 0 bridgehead atoms. The van der Waals surface area contributed by atoms with Crippen LogP contribution >= 0.6 is 0 Å². The van der Waals surface area contributed by atoms with Crippen LogP contribution < -0.4 is 16.2 Å². The Kier molecular flexibility index (Phi) is 8.46. The van der Waals surface area contributed by atoms with Crippen molar-refractivity contribution in [3.05, 3.63) is 75.7 Å². The number of aromatic nitrogens is 4. The summed E-state index contributed by atoms with van der Waals surface area (Å²) < 4.78 is 42.6. The van der Waals surface area contributed by atoms with Gasteiger partial charge >= 0.3 is 6.18 Å². The third-order valence-corrected chi connectivity index (χ3v) is 8.31. The predicted octanol–water partition coefficient (Wildman–Crippen LogP) is 3.61. The van der Waals surface area contributed by atoms with Crippen LogP contribution in [0.15, 0.2) is 47.7 Å². The summed E-state index contributed by atoms with van der Waals surface area (Å²) in [6, 6.07) is 8.56. The maximum atomic E-state index is 13.4. The van der Waals surface area contributed by atoms with E-state index in [1.807, 2.05) is 28.6 Å². The number of carbonyl (C=O) groups excluding carboxylic acids is 2. The molecule has 2 amide bonds. The van der Waals surface area contributed by atoms with Crippen LogP contribution in [0.1, 0.15) is 66.8 Å². The SMILES string of the molecule is CCC(=O)N[C@H]1CCN(Cc2cc(C(=O)Nc3cccc(C4(c5nncn5C)CC(C)C4)c3)c(=O)n(CC(F)(F)F)c2)C1. The maximum absolute atomic E-state index is 13.4. The molecule has 2 aromatic heterocycles. The summed E-state index contributed by atoms with van der Waals surface area (Å²) in [5.41, 5.74) is -0.0224. The van der Waals surface area contributed by atoms with Gasteiger partial charge in [-0.25, -0.2) is 0 Å². The average molecular weight is 600 g/mol. The van der Waals surface area contributed by atoms with Gasteiger partial charge in [0.05, 0.1) is 5.41 Å². The van der Waals surface area contributed by atoms with Crippen molar-refractivity contribution in [1.29, 1.82) is 0 Å². The lowest BCUT2D eigenvalue weighted by atomic mass is 9.58. The first-order valence-corrected chi connectivity index (χ1v) is 14.4. The van der Waals surface area contributed by atoms with Crippen molar-refractivity contribution in [3.63, 3.8) is 0 Å². The van der Waals surface area contributed by atoms with Crippen molar-refractivity contribution in [2.75, 3.05) is 18.4 Å². The molecule has 5 rings (SSSR count). The highest BCUT2D eigenvalue weighted by atomic mass is 19.4. The van der Waals surface area contributed by atoms with Crippen molar-refractivity contribution in [2.24, 2.45) is 13.0 Å². The van der Waals surface area contributed by atoms with Crippen LogP contribution in [0.5, 0.6) is 0 Å². The van der Waals surface area contributed by atoms with E-state index in [1.54, 1.807) is 25.4 Å². The van der Waals surface area contributed by atoms with Crippen molar-refractivity contribution < 1.29 is 22.8 Å². The second-order valence-corrected chi connectivity index (χ2v) is 11.8. The minimum Gasteiger partial charge on any atom is -0.352 e. The van der Waals surface area contributed by atoms with Crippen LogP contribution in [-0.4, -0.2) is 61.4 Å².